The van der Waals surface area contributed by atoms with Crippen LogP contribution in [0.25, 0.3) is 0 Å². The summed E-state index contributed by atoms with van der Waals surface area (Å²) in [5, 5.41) is 0. The molecule has 1 aromatic rings. The third-order valence-electron chi connectivity index (χ3n) is 6.38. The minimum Gasteiger partial charge on any atom is -0.339 e. The fraction of sp³-hybridized carbons (Fsp3) is 0.591. The summed E-state index contributed by atoms with van der Waals surface area (Å²) in [6, 6.07) is 6.37. The lowest BCUT2D eigenvalue weighted by Gasteiger charge is -2.41. The van der Waals surface area contributed by atoms with Crippen molar-refractivity contribution in [3.63, 3.8) is 0 Å². The minimum atomic E-state index is -0.758. The van der Waals surface area contributed by atoms with E-state index in [9.17, 15) is 9.59 Å². The van der Waals surface area contributed by atoms with Crippen molar-refractivity contribution in [1.29, 1.82) is 0 Å². The largest absolute Gasteiger partial charge is 0.339 e. The first-order valence-corrected chi connectivity index (χ1v) is 10.4. The molecule has 1 aromatic carbocycles. The van der Waals surface area contributed by atoms with Crippen LogP contribution in [0.15, 0.2) is 23.2 Å². The first-order chi connectivity index (χ1) is 13.2. The molecule has 144 valence electrons. The van der Waals surface area contributed by atoms with E-state index in [4.69, 9.17) is 0 Å². The van der Waals surface area contributed by atoms with Gasteiger partial charge in [-0.05, 0) is 30.9 Å². The van der Waals surface area contributed by atoms with Crippen molar-refractivity contribution < 1.29 is 9.59 Å². The summed E-state index contributed by atoms with van der Waals surface area (Å²) >= 11 is 0. The summed E-state index contributed by atoms with van der Waals surface area (Å²) in [6.45, 7) is 5.33. The molecule has 1 unspecified atom stereocenters. The van der Waals surface area contributed by atoms with Gasteiger partial charge >= 0.3 is 0 Å². The number of piperazine rings is 1. The summed E-state index contributed by atoms with van der Waals surface area (Å²) in [6.07, 6.45) is 9.00. The SMILES string of the molecule is CCc1cccc2c1N=CC(C(=O)N1CCN(C3CCCCC3)CC1)C2=O. The zero-order chi connectivity index (χ0) is 18.8. The van der Waals surface area contributed by atoms with Crippen molar-refractivity contribution >= 4 is 23.6 Å². The summed E-state index contributed by atoms with van der Waals surface area (Å²) in [5.41, 5.74) is 2.40. The number of para-hydroxylation sites is 1. The number of Topliss-reactive ketones (excluding diaryl/α,β-unsaturated/α-hetero) is 1. The molecule has 4 rings (SSSR count). The molecule has 0 aromatic heterocycles. The van der Waals surface area contributed by atoms with Crippen LogP contribution in [0.2, 0.25) is 0 Å². The number of carbonyl (C=O) groups is 2. The molecule has 1 saturated carbocycles. The second-order valence-electron chi connectivity index (χ2n) is 7.94. The van der Waals surface area contributed by atoms with Crippen molar-refractivity contribution in [3.8, 4) is 0 Å². The van der Waals surface area contributed by atoms with E-state index >= 15 is 0 Å². The molecule has 0 radical (unpaired) electrons. The highest BCUT2D eigenvalue weighted by Gasteiger charge is 2.36. The van der Waals surface area contributed by atoms with Crippen molar-refractivity contribution in [1.82, 2.24) is 9.80 Å². The second kappa shape index (κ2) is 7.93. The number of fused-ring (bicyclic) bond motifs is 1. The lowest BCUT2D eigenvalue weighted by atomic mass is 9.90. The smallest absolute Gasteiger partial charge is 0.239 e. The summed E-state index contributed by atoms with van der Waals surface area (Å²) < 4.78 is 0. The van der Waals surface area contributed by atoms with Crippen LogP contribution in [-0.2, 0) is 11.2 Å². The van der Waals surface area contributed by atoms with Crippen LogP contribution < -0.4 is 0 Å². The maximum absolute atomic E-state index is 13.0. The summed E-state index contributed by atoms with van der Waals surface area (Å²) in [5.74, 6) is -0.944. The van der Waals surface area contributed by atoms with Gasteiger partial charge in [-0.2, -0.15) is 0 Å². The Labute approximate surface area is 161 Å². The zero-order valence-electron chi connectivity index (χ0n) is 16.2. The van der Waals surface area contributed by atoms with Gasteiger partial charge in [-0.1, -0.05) is 38.3 Å². The Bertz CT molecular complexity index is 744. The molecule has 1 saturated heterocycles. The highest BCUT2D eigenvalue weighted by Crippen LogP contribution is 2.31. The quantitative estimate of drug-likeness (QED) is 0.771. The summed E-state index contributed by atoms with van der Waals surface area (Å²) in [7, 11) is 0. The van der Waals surface area contributed by atoms with Gasteiger partial charge < -0.3 is 4.90 Å². The highest BCUT2D eigenvalue weighted by molar-refractivity contribution is 6.23. The maximum Gasteiger partial charge on any atom is 0.239 e. The number of carbonyl (C=O) groups excluding carboxylic acids is 2. The molecule has 5 nitrogen and oxygen atoms in total. The highest BCUT2D eigenvalue weighted by atomic mass is 16.2. The third-order valence-corrected chi connectivity index (χ3v) is 6.38. The zero-order valence-corrected chi connectivity index (χ0v) is 16.2. The predicted octanol–water partition coefficient (Wildman–Crippen LogP) is 3.24. The normalized spacial score (nSPS) is 24.1. The number of hydrogen-bond donors (Lipinski definition) is 0. The van der Waals surface area contributed by atoms with Crippen molar-refractivity contribution in [3.05, 3.63) is 29.3 Å². The number of amides is 1. The second-order valence-corrected chi connectivity index (χ2v) is 7.94. The van der Waals surface area contributed by atoms with Crippen LogP contribution in [0.1, 0.15) is 54.9 Å². The lowest BCUT2D eigenvalue weighted by Crippen LogP contribution is -2.54. The molecule has 5 heteroatoms. The standard InChI is InChI=1S/C22H29N3O2/c1-2-16-7-6-10-18-20(16)23-15-19(21(18)26)22(27)25-13-11-24(12-14-25)17-8-4-3-5-9-17/h6-7,10,15,17,19H,2-5,8-9,11-14H2,1H3. The Kier molecular flexibility index (Phi) is 5.39. The molecule has 1 aliphatic carbocycles. The van der Waals surface area contributed by atoms with Gasteiger partial charge in [0, 0.05) is 44.0 Å². The average molecular weight is 367 g/mol. The van der Waals surface area contributed by atoms with Crippen LogP contribution in [0, 0.1) is 5.92 Å². The monoisotopic (exact) mass is 367 g/mol. The van der Waals surface area contributed by atoms with Crippen molar-refractivity contribution in [2.45, 2.75) is 51.5 Å². The molecule has 2 heterocycles. The first-order valence-electron chi connectivity index (χ1n) is 10.4. The van der Waals surface area contributed by atoms with Gasteiger partial charge in [0.2, 0.25) is 5.91 Å². The van der Waals surface area contributed by atoms with E-state index < -0.39 is 5.92 Å². The summed E-state index contributed by atoms with van der Waals surface area (Å²) in [4.78, 5) is 34.8. The Morgan fingerprint density at radius 3 is 2.56 bits per heavy atom. The number of rotatable bonds is 3. The number of ketones is 1. The molecule has 3 aliphatic rings. The molecule has 1 amide bonds. The van der Waals surface area contributed by atoms with E-state index in [-0.39, 0.29) is 11.7 Å². The maximum atomic E-state index is 13.0. The first kappa shape index (κ1) is 18.4. The Morgan fingerprint density at radius 2 is 1.85 bits per heavy atom. The van der Waals surface area contributed by atoms with E-state index in [0.717, 1.165) is 43.9 Å². The van der Waals surface area contributed by atoms with Gasteiger partial charge in [0.25, 0.3) is 0 Å². The number of hydrogen-bond acceptors (Lipinski definition) is 4. The van der Waals surface area contributed by atoms with Crippen molar-refractivity contribution in [2.75, 3.05) is 26.2 Å². The van der Waals surface area contributed by atoms with Gasteiger partial charge in [0.05, 0.1) is 5.69 Å². The van der Waals surface area contributed by atoms with E-state index in [1.165, 1.54) is 32.1 Å². The number of nitrogens with zero attached hydrogens (tertiary/aromatic N) is 3. The Balaban J connectivity index is 1.41. The van der Waals surface area contributed by atoms with E-state index in [1.54, 1.807) is 12.3 Å². The lowest BCUT2D eigenvalue weighted by molar-refractivity contribution is -0.134. The molecule has 27 heavy (non-hydrogen) atoms. The topological polar surface area (TPSA) is 53.0 Å². The van der Waals surface area contributed by atoms with Crippen LogP contribution in [0.4, 0.5) is 5.69 Å². The van der Waals surface area contributed by atoms with Crippen LogP contribution >= 0.6 is 0 Å². The van der Waals surface area contributed by atoms with Gasteiger partial charge in [-0.25, -0.2) is 0 Å². The van der Waals surface area contributed by atoms with Crippen LogP contribution in [0.5, 0.6) is 0 Å². The molecule has 0 bridgehead atoms. The average Bonchev–Trinajstić information content (AvgIpc) is 2.74. The third kappa shape index (κ3) is 3.57. The van der Waals surface area contributed by atoms with Crippen LogP contribution in [-0.4, -0.2) is 59.9 Å². The predicted molar refractivity (Wildman–Crippen MR) is 107 cm³/mol. The van der Waals surface area contributed by atoms with E-state index in [1.807, 2.05) is 17.0 Å². The van der Waals surface area contributed by atoms with Crippen LogP contribution in [0.3, 0.4) is 0 Å². The fourth-order valence-corrected chi connectivity index (χ4v) is 4.74. The minimum absolute atomic E-state index is 0.0837. The molecule has 1 atom stereocenters. The van der Waals surface area contributed by atoms with Gasteiger partial charge in [0.1, 0.15) is 5.92 Å². The molecular weight excluding hydrogens is 338 g/mol. The van der Waals surface area contributed by atoms with E-state index in [2.05, 4.69) is 16.8 Å². The molecule has 0 N–H and O–H groups in total. The Hall–Kier alpha value is -2.01. The van der Waals surface area contributed by atoms with E-state index in [0.29, 0.717) is 11.6 Å². The molecule has 2 aliphatic heterocycles. The fourth-order valence-electron chi connectivity index (χ4n) is 4.74. The van der Waals surface area contributed by atoms with Crippen molar-refractivity contribution in [2.24, 2.45) is 10.9 Å². The number of aliphatic imine (C=N–C) groups is 1. The number of benzene rings is 1. The molecular formula is C22H29N3O2. The molecule has 2 fully saturated rings. The molecule has 0 spiro atoms. The van der Waals surface area contributed by atoms with Gasteiger partial charge in [0.15, 0.2) is 5.78 Å². The van der Waals surface area contributed by atoms with Gasteiger partial charge in [-0.3, -0.25) is 19.5 Å². The number of aryl methyl sites for hydroxylation is 1. The Morgan fingerprint density at radius 1 is 1.11 bits per heavy atom. The van der Waals surface area contributed by atoms with Gasteiger partial charge in [-0.15, -0.1) is 0 Å².